The van der Waals surface area contributed by atoms with Gasteiger partial charge in [0.05, 0.1) is 16.0 Å². The Kier molecular flexibility index (Phi) is 4.77. The molecule has 1 N–H and O–H groups in total. The number of hydroxylamine groups is 2. The molecule has 1 heterocycles. The summed E-state index contributed by atoms with van der Waals surface area (Å²) in [7, 11) is -4.02. The first-order chi connectivity index (χ1) is 12.3. The van der Waals surface area contributed by atoms with Gasteiger partial charge in [-0.05, 0) is 30.3 Å². The minimum Gasteiger partial charge on any atom is -0.328 e. The minimum absolute atomic E-state index is 0.102. The molecule has 2 amide bonds. The number of carbonyl (C=O) groups is 3. The van der Waals surface area contributed by atoms with Gasteiger partial charge in [-0.15, -0.1) is 0 Å². The Morgan fingerprint density at radius 1 is 1.04 bits per heavy atom. The van der Waals surface area contributed by atoms with Crippen molar-refractivity contribution in [1.82, 2.24) is 9.79 Å². The van der Waals surface area contributed by atoms with Crippen LogP contribution in [0.5, 0.6) is 0 Å². The van der Waals surface area contributed by atoms with E-state index in [1.165, 1.54) is 36.4 Å². The summed E-state index contributed by atoms with van der Waals surface area (Å²) in [5.74, 6) is -2.71. The Morgan fingerprint density at radius 3 is 2.23 bits per heavy atom. The Balaban J connectivity index is 1.65. The third-order valence-electron chi connectivity index (χ3n) is 3.46. The molecule has 26 heavy (non-hydrogen) atoms. The number of nitrogens with zero attached hydrogens (tertiary/aromatic N) is 1. The number of hydrogen-bond donors (Lipinski definition) is 1. The monoisotopic (exact) mass is 394 g/mol. The van der Waals surface area contributed by atoms with E-state index in [1.54, 1.807) is 12.1 Å². The zero-order valence-corrected chi connectivity index (χ0v) is 14.6. The number of nitrogens with one attached hydrogen (secondary N) is 1. The van der Waals surface area contributed by atoms with Gasteiger partial charge in [-0.25, -0.2) is 13.2 Å². The first-order valence-corrected chi connectivity index (χ1v) is 9.09. The van der Waals surface area contributed by atoms with E-state index in [0.29, 0.717) is 5.06 Å². The van der Waals surface area contributed by atoms with Crippen LogP contribution in [-0.4, -0.2) is 37.8 Å². The van der Waals surface area contributed by atoms with Crippen molar-refractivity contribution >= 4 is 39.4 Å². The predicted octanol–water partition coefficient (Wildman–Crippen LogP) is 1.37. The number of carbonyl (C=O) groups excluding carboxylic acids is 3. The summed E-state index contributed by atoms with van der Waals surface area (Å²) in [5.41, 5.74) is 0.203. The van der Waals surface area contributed by atoms with Crippen LogP contribution in [0.25, 0.3) is 0 Å². The smallest absolute Gasteiger partial charge is 0.328 e. The second-order valence-electron chi connectivity index (χ2n) is 5.20. The lowest BCUT2D eigenvalue weighted by Crippen LogP contribution is -2.38. The van der Waals surface area contributed by atoms with E-state index in [9.17, 15) is 22.8 Å². The summed E-state index contributed by atoms with van der Waals surface area (Å²) in [6.07, 6.45) is 0. The van der Waals surface area contributed by atoms with Gasteiger partial charge in [0.2, 0.25) is 10.0 Å². The molecule has 1 aliphatic rings. The second kappa shape index (κ2) is 6.87. The third kappa shape index (κ3) is 3.45. The molecule has 1 aliphatic heterocycles. The maximum Gasteiger partial charge on any atom is 0.347 e. The molecule has 134 valence electrons. The van der Waals surface area contributed by atoms with Gasteiger partial charge in [0.1, 0.15) is 6.54 Å². The van der Waals surface area contributed by atoms with Gasteiger partial charge in [-0.1, -0.05) is 34.9 Å². The van der Waals surface area contributed by atoms with Crippen molar-refractivity contribution in [3.63, 3.8) is 0 Å². The predicted molar refractivity (Wildman–Crippen MR) is 89.7 cm³/mol. The Labute approximate surface area is 153 Å². The molecule has 0 saturated carbocycles. The van der Waals surface area contributed by atoms with Crippen molar-refractivity contribution in [1.29, 1.82) is 0 Å². The van der Waals surface area contributed by atoms with Gasteiger partial charge in [-0.2, -0.15) is 4.72 Å². The number of rotatable bonds is 5. The highest BCUT2D eigenvalue weighted by Gasteiger charge is 2.38. The third-order valence-corrected chi connectivity index (χ3v) is 5.10. The molecule has 0 bridgehead atoms. The van der Waals surface area contributed by atoms with Crippen molar-refractivity contribution < 1.29 is 27.6 Å². The van der Waals surface area contributed by atoms with E-state index in [1.807, 2.05) is 4.72 Å². The summed E-state index contributed by atoms with van der Waals surface area (Å²) in [4.78, 5) is 40.6. The second-order valence-corrected chi connectivity index (χ2v) is 7.40. The first kappa shape index (κ1) is 18.1. The molecule has 0 radical (unpaired) electrons. The first-order valence-electron chi connectivity index (χ1n) is 7.23. The van der Waals surface area contributed by atoms with Gasteiger partial charge in [0.25, 0.3) is 11.8 Å². The van der Waals surface area contributed by atoms with Gasteiger partial charge in [0.15, 0.2) is 0 Å². The van der Waals surface area contributed by atoms with Crippen molar-refractivity contribution in [2.45, 2.75) is 4.90 Å². The topological polar surface area (TPSA) is 110 Å². The van der Waals surface area contributed by atoms with Gasteiger partial charge in [-0.3, -0.25) is 9.59 Å². The Hall–Kier alpha value is -2.75. The SMILES string of the molecule is O=C(CNS(=O)(=O)c1cccc(Cl)c1)ON1C(=O)c2ccccc2C1=O. The van der Waals surface area contributed by atoms with E-state index in [-0.39, 0.29) is 21.0 Å². The van der Waals surface area contributed by atoms with Crippen molar-refractivity contribution in [2.75, 3.05) is 6.54 Å². The maximum absolute atomic E-state index is 12.1. The summed E-state index contributed by atoms with van der Waals surface area (Å²) >= 11 is 5.74. The maximum atomic E-state index is 12.1. The molecule has 2 aromatic carbocycles. The molecule has 0 atom stereocenters. The Morgan fingerprint density at radius 2 is 1.65 bits per heavy atom. The van der Waals surface area contributed by atoms with E-state index in [2.05, 4.69) is 0 Å². The molecule has 2 aromatic rings. The Bertz CT molecular complexity index is 986. The fraction of sp³-hybridized carbons (Fsp3) is 0.0625. The number of benzene rings is 2. The van der Waals surface area contributed by atoms with Crippen LogP contribution in [0.1, 0.15) is 20.7 Å². The zero-order valence-electron chi connectivity index (χ0n) is 13.0. The normalized spacial score (nSPS) is 13.7. The summed E-state index contributed by atoms with van der Waals surface area (Å²) in [5, 5.41) is 0.516. The van der Waals surface area contributed by atoms with E-state index in [4.69, 9.17) is 16.4 Å². The van der Waals surface area contributed by atoms with Crippen molar-refractivity contribution in [3.05, 3.63) is 64.7 Å². The highest BCUT2D eigenvalue weighted by atomic mass is 35.5. The molecule has 3 rings (SSSR count). The lowest BCUT2D eigenvalue weighted by molar-refractivity contribution is -0.166. The summed E-state index contributed by atoms with van der Waals surface area (Å²) in [6.45, 7) is -0.776. The standard InChI is InChI=1S/C16H11ClN2O6S/c17-10-4-3-5-11(8-10)26(23,24)18-9-14(20)25-19-15(21)12-6-1-2-7-13(12)16(19)22/h1-8,18H,9H2. The van der Waals surface area contributed by atoms with Crippen LogP contribution < -0.4 is 4.72 Å². The lowest BCUT2D eigenvalue weighted by atomic mass is 10.1. The average molecular weight is 395 g/mol. The quantitative estimate of drug-likeness (QED) is 0.767. The molecule has 8 nitrogen and oxygen atoms in total. The number of fused-ring (bicyclic) bond motifs is 1. The van der Waals surface area contributed by atoms with Crippen LogP contribution in [-0.2, 0) is 19.7 Å². The van der Waals surface area contributed by atoms with Crippen LogP contribution in [0.3, 0.4) is 0 Å². The van der Waals surface area contributed by atoms with Crippen LogP contribution in [0.4, 0.5) is 0 Å². The van der Waals surface area contributed by atoms with Crippen molar-refractivity contribution in [3.8, 4) is 0 Å². The fourth-order valence-electron chi connectivity index (χ4n) is 2.26. The molecule has 0 fully saturated rings. The van der Waals surface area contributed by atoms with Gasteiger partial charge < -0.3 is 4.84 Å². The van der Waals surface area contributed by atoms with Crippen LogP contribution in [0, 0.1) is 0 Å². The van der Waals surface area contributed by atoms with Crippen LogP contribution in [0.2, 0.25) is 5.02 Å². The summed E-state index contributed by atoms with van der Waals surface area (Å²) < 4.78 is 26.2. The number of imide groups is 1. The van der Waals surface area contributed by atoms with E-state index in [0.717, 1.165) is 0 Å². The largest absolute Gasteiger partial charge is 0.347 e. The number of amides is 2. The lowest BCUT2D eigenvalue weighted by Gasteiger charge is -2.13. The molecular formula is C16H11ClN2O6S. The van der Waals surface area contributed by atoms with Crippen molar-refractivity contribution in [2.24, 2.45) is 0 Å². The molecule has 0 aliphatic carbocycles. The highest BCUT2D eigenvalue weighted by molar-refractivity contribution is 7.89. The highest BCUT2D eigenvalue weighted by Crippen LogP contribution is 2.22. The van der Waals surface area contributed by atoms with Gasteiger partial charge in [0, 0.05) is 5.02 Å². The molecule has 0 unspecified atom stereocenters. The van der Waals surface area contributed by atoms with Crippen LogP contribution in [0.15, 0.2) is 53.4 Å². The molecule has 0 saturated heterocycles. The van der Waals surface area contributed by atoms with Gasteiger partial charge >= 0.3 is 5.97 Å². The number of hydrogen-bond acceptors (Lipinski definition) is 6. The molecular weight excluding hydrogens is 384 g/mol. The average Bonchev–Trinajstić information content (AvgIpc) is 2.85. The molecule has 10 heteroatoms. The van der Waals surface area contributed by atoms with E-state index < -0.39 is 34.4 Å². The van der Waals surface area contributed by atoms with Crippen LogP contribution >= 0.6 is 11.6 Å². The number of halogens is 1. The summed E-state index contributed by atoms with van der Waals surface area (Å²) in [6, 6.07) is 11.4. The molecule has 0 aromatic heterocycles. The van der Waals surface area contributed by atoms with E-state index >= 15 is 0 Å². The zero-order chi connectivity index (χ0) is 18.9. The fourth-order valence-corrected chi connectivity index (χ4v) is 3.52. The minimum atomic E-state index is -4.02. The molecule has 0 spiro atoms. The number of sulfonamides is 1.